The molecule has 2 aliphatic heterocycles. The number of carbonyl (C=O) groups is 2. The molecular weight excluding hydrogens is 364 g/mol. The third-order valence-electron chi connectivity index (χ3n) is 5.94. The summed E-state index contributed by atoms with van der Waals surface area (Å²) >= 11 is 0. The lowest BCUT2D eigenvalue weighted by Crippen LogP contribution is -2.32. The SMILES string of the molecule is O=C(CCCCNCCc1ccccc1O)c1cc2c3c(c1)CCN3C(=O)CC2. The molecule has 2 aromatic rings. The number of unbranched alkanes of at least 4 members (excludes halogenated alkanes) is 1. The van der Waals surface area contributed by atoms with E-state index in [-0.39, 0.29) is 11.7 Å². The molecule has 0 spiro atoms. The van der Waals surface area contributed by atoms with Gasteiger partial charge in [-0.2, -0.15) is 0 Å². The van der Waals surface area contributed by atoms with Crippen LogP contribution in [0.1, 0.15) is 52.7 Å². The van der Waals surface area contributed by atoms with E-state index in [1.807, 2.05) is 35.2 Å². The Morgan fingerprint density at radius 3 is 2.66 bits per heavy atom. The monoisotopic (exact) mass is 392 g/mol. The number of amides is 1. The van der Waals surface area contributed by atoms with Crippen LogP contribution in [-0.4, -0.2) is 36.4 Å². The highest BCUT2D eigenvalue weighted by molar-refractivity contribution is 6.02. The first-order valence-corrected chi connectivity index (χ1v) is 10.6. The quantitative estimate of drug-likeness (QED) is 0.507. The van der Waals surface area contributed by atoms with Gasteiger partial charge in [-0.25, -0.2) is 0 Å². The summed E-state index contributed by atoms with van der Waals surface area (Å²) in [5.74, 6) is 0.764. The molecule has 0 bridgehead atoms. The van der Waals surface area contributed by atoms with Crippen LogP contribution in [0.2, 0.25) is 0 Å². The first-order valence-electron chi connectivity index (χ1n) is 10.6. The zero-order valence-corrected chi connectivity index (χ0v) is 16.7. The average Bonchev–Trinajstić information content (AvgIpc) is 3.16. The highest BCUT2D eigenvalue weighted by Crippen LogP contribution is 2.37. The summed E-state index contributed by atoms with van der Waals surface area (Å²) < 4.78 is 0. The van der Waals surface area contributed by atoms with E-state index in [2.05, 4.69) is 5.32 Å². The summed E-state index contributed by atoms with van der Waals surface area (Å²) in [7, 11) is 0. The van der Waals surface area contributed by atoms with Crippen molar-refractivity contribution in [3.05, 3.63) is 58.7 Å². The number of benzene rings is 2. The second-order valence-electron chi connectivity index (χ2n) is 7.95. The second-order valence-corrected chi connectivity index (χ2v) is 7.95. The van der Waals surface area contributed by atoms with Crippen LogP contribution in [0.3, 0.4) is 0 Å². The zero-order valence-electron chi connectivity index (χ0n) is 16.7. The van der Waals surface area contributed by atoms with Gasteiger partial charge in [-0.05, 0) is 80.1 Å². The number of rotatable bonds is 9. The molecule has 2 aliphatic rings. The number of phenols is 1. The summed E-state index contributed by atoms with van der Waals surface area (Å²) in [6.45, 7) is 2.44. The maximum atomic E-state index is 12.7. The molecule has 2 N–H and O–H groups in total. The average molecular weight is 392 g/mol. The minimum absolute atomic E-state index is 0.202. The third kappa shape index (κ3) is 4.35. The van der Waals surface area contributed by atoms with Crippen molar-refractivity contribution in [2.24, 2.45) is 0 Å². The first kappa shape index (κ1) is 19.6. The van der Waals surface area contributed by atoms with Gasteiger partial charge in [0.05, 0.1) is 5.69 Å². The van der Waals surface area contributed by atoms with Gasteiger partial charge in [0, 0.05) is 24.9 Å². The number of ketones is 1. The van der Waals surface area contributed by atoms with Crippen molar-refractivity contribution in [1.29, 1.82) is 0 Å². The largest absolute Gasteiger partial charge is 0.508 e. The van der Waals surface area contributed by atoms with Gasteiger partial charge in [0.25, 0.3) is 0 Å². The van der Waals surface area contributed by atoms with Crippen LogP contribution in [0, 0.1) is 0 Å². The lowest BCUT2D eigenvalue weighted by Gasteiger charge is -2.25. The molecule has 0 fully saturated rings. The number of anilines is 1. The van der Waals surface area contributed by atoms with Crippen molar-refractivity contribution in [2.75, 3.05) is 24.5 Å². The van der Waals surface area contributed by atoms with Gasteiger partial charge in [-0.3, -0.25) is 9.59 Å². The number of phenolic OH excluding ortho intramolecular Hbond substituents is 1. The molecule has 2 aromatic carbocycles. The maximum absolute atomic E-state index is 12.7. The lowest BCUT2D eigenvalue weighted by atomic mass is 9.94. The van der Waals surface area contributed by atoms with E-state index >= 15 is 0 Å². The van der Waals surface area contributed by atoms with Crippen molar-refractivity contribution < 1.29 is 14.7 Å². The summed E-state index contributed by atoms with van der Waals surface area (Å²) in [6, 6.07) is 11.4. The Morgan fingerprint density at radius 1 is 1.03 bits per heavy atom. The number of nitrogens with one attached hydrogen (secondary N) is 1. The summed E-state index contributed by atoms with van der Waals surface area (Å²) in [4.78, 5) is 26.6. The van der Waals surface area contributed by atoms with Crippen LogP contribution in [0.4, 0.5) is 5.69 Å². The zero-order chi connectivity index (χ0) is 20.2. The number of aromatic hydroxyl groups is 1. The predicted octanol–water partition coefficient (Wildman–Crippen LogP) is 3.41. The maximum Gasteiger partial charge on any atom is 0.227 e. The van der Waals surface area contributed by atoms with Crippen LogP contribution in [-0.2, 0) is 24.1 Å². The number of hydrogen-bond donors (Lipinski definition) is 2. The van der Waals surface area contributed by atoms with Crippen molar-refractivity contribution in [3.63, 3.8) is 0 Å². The van der Waals surface area contributed by atoms with E-state index < -0.39 is 0 Å². The second kappa shape index (κ2) is 8.78. The van der Waals surface area contributed by atoms with Gasteiger partial charge >= 0.3 is 0 Å². The van der Waals surface area contributed by atoms with E-state index in [4.69, 9.17) is 0 Å². The molecule has 0 saturated carbocycles. The van der Waals surface area contributed by atoms with Gasteiger partial charge in [-0.1, -0.05) is 18.2 Å². The summed E-state index contributed by atoms with van der Waals surface area (Å²) in [6.07, 6.45) is 5.32. The van der Waals surface area contributed by atoms with Crippen molar-refractivity contribution in [1.82, 2.24) is 5.32 Å². The van der Waals surface area contributed by atoms with E-state index in [0.29, 0.717) is 18.6 Å². The summed E-state index contributed by atoms with van der Waals surface area (Å²) in [5, 5.41) is 13.1. The molecular formula is C24H28N2O3. The normalized spacial score (nSPS) is 14.9. The van der Waals surface area contributed by atoms with E-state index in [0.717, 1.165) is 79.7 Å². The topological polar surface area (TPSA) is 69.6 Å². The van der Waals surface area contributed by atoms with E-state index in [9.17, 15) is 14.7 Å². The number of hydrogen-bond acceptors (Lipinski definition) is 4. The molecule has 2 heterocycles. The number of Topliss-reactive ketones (excluding diaryl/α,β-unsaturated/α-hetero) is 1. The number of nitrogens with zero attached hydrogens (tertiary/aromatic N) is 1. The van der Waals surface area contributed by atoms with E-state index in [1.165, 1.54) is 0 Å². The molecule has 29 heavy (non-hydrogen) atoms. The molecule has 0 atom stereocenters. The van der Waals surface area contributed by atoms with Gasteiger partial charge in [0.1, 0.15) is 5.75 Å². The fourth-order valence-electron chi connectivity index (χ4n) is 4.37. The Morgan fingerprint density at radius 2 is 1.83 bits per heavy atom. The Bertz CT molecular complexity index is 922. The summed E-state index contributed by atoms with van der Waals surface area (Å²) in [5.41, 5.74) is 5.16. The molecule has 0 radical (unpaired) electrons. The number of aryl methyl sites for hydroxylation is 1. The fourth-order valence-corrected chi connectivity index (χ4v) is 4.37. The standard InChI is InChI=1S/C24H28N2O3/c27-21-6-2-1-5-17(21)10-13-25-12-4-3-7-22(28)20-15-18-8-9-23(29)26-14-11-19(16-20)24(18)26/h1-2,5-6,15-16,25,27H,3-4,7-14H2. The molecule has 1 amide bonds. The molecule has 0 aromatic heterocycles. The molecule has 152 valence electrons. The first-order chi connectivity index (χ1) is 14.1. The molecule has 4 rings (SSSR count). The Labute approximate surface area is 171 Å². The highest BCUT2D eigenvalue weighted by atomic mass is 16.3. The Kier molecular flexibility index (Phi) is 5.95. The van der Waals surface area contributed by atoms with E-state index in [1.54, 1.807) is 6.07 Å². The molecule has 0 unspecified atom stereocenters. The smallest absolute Gasteiger partial charge is 0.227 e. The van der Waals surface area contributed by atoms with Gasteiger partial charge in [0.2, 0.25) is 5.91 Å². The van der Waals surface area contributed by atoms with Crippen LogP contribution in [0.15, 0.2) is 36.4 Å². The van der Waals surface area contributed by atoms with Gasteiger partial charge < -0.3 is 15.3 Å². The lowest BCUT2D eigenvalue weighted by molar-refractivity contribution is -0.118. The minimum Gasteiger partial charge on any atom is -0.508 e. The van der Waals surface area contributed by atoms with Crippen molar-refractivity contribution >= 4 is 17.4 Å². The minimum atomic E-state index is 0.202. The van der Waals surface area contributed by atoms with Crippen molar-refractivity contribution in [3.8, 4) is 5.75 Å². The molecule has 0 aliphatic carbocycles. The Balaban J connectivity index is 1.21. The van der Waals surface area contributed by atoms with Crippen LogP contribution >= 0.6 is 0 Å². The molecule has 5 nitrogen and oxygen atoms in total. The van der Waals surface area contributed by atoms with Gasteiger partial charge in [0.15, 0.2) is 5.78 Å². The number of carbonyl (C=O) groups excluding carboxylic acids is 2. The van der Waals surface area contributed by atoms with Crippen LogP contribution in [0.25, 0.3) is 0 Å². The molecule has 5 heteroatoms. The van der Waals surface area contributed by atoms with Gasteiger partial charge in [-0.15, -0.1) is 0 Å². The van der Waals surface area contributed by atoms with Crippen LogP contribution in [0.5, 0.6) is 5.75 Å². The Hall–Kier alpha value is -2.66. The molecule has 0 saturated heterocycles. The fraction of sp³-hybridized carbons (Fsp3) is 0.417. The number of para-hydroxylation sites is 1. The highest BCUT2D eigenvalue weighted by Gasteiger charge is 2.31. The predicted molar refractivity (Wildman–Crippen MR) is 114 cm³/mol. The third-order valence-corrected chi connectivity index (χ3v) is 5.94. The van der Waals surface area contributed by atoms with Crippen molar-refractivity contribution in [2.45, 2.75) is 44.9 Å². The van der Waals surface area contributed by atoms with Crippen LogP contribution < -0.4 is 10.2 Å².